The summed E-state index contributed by atoms with van der Waals surface area (Å²) in [6.45, 7) is 4.20. The number of hydrogen-bond donors (Lipinski definition) is 1. The molecule has 1 N–H and O–H groups in total. The third kappa shape index (κ3) is 3.36. The first-order valence-electron chi connectivity index (χ1n) is 7.46. The lowest BCUT2D eigenvalue weighted by Crippen LogP contribution is -2.17. The van der Waals surface area contributed by atoms with Crippen LogP contribution in [0.3, 0.4) is 0 Å². The monoisotopic (exact) mass is 364 g/mol. The Morgan fingerprint density at radius 2 is 1.68 bits per heavy atom. The van der Waals surface area contributed by atoms with Gasteiger partial charge in [-0.1, -0.05) is 0 Å². The van der Waals surface area contributed by atoms with Crippen LogP contribution in [0.15, 0.2) is 35.2 Å². The number of nitro groups is 1. The van der Waals surface area contributed by atoms with Gasteiger partial charge >= 0.3 is 0 Å². The van der Waals surface area contributed by atoms with E-state index in [2.05, 4.69) is 4.72 Å². The van der Waals surface area contributed by atoms with Crippen LogP contribution in [0, 0.1) is 24.0 Å². The summed E-state index contributed by atoms with van der Waals surface area (Å²) in [5.74, 6) is 0.783. The van der Waals surface area contributed by atoms with Gasteiger partial charge in [0.05, 0.1) is 9.82 Å². The van der Waals surface area contributed by atoms with E-state index in [-0.39, 0.29) is 16.3 Å². The standard InChI is InChI=1S/C16H16N2O6S/c1-10-7-13(14(18(19)20)8-11(10)2)17-25(21,22)12-3-4-15-16(9-12)24-6-5-23-15/h3-4,7-9,17H,5-6H2,1-2H3. The van der Waals surface area contributed by atoms with Crippen molar-refractivity contribution in [3.63, 3.8) is 0 Å². The van der Waals surface area contributed by atoms with Gasteiger partial charge in [-0.05, 0) is 43.2 Å². The molecule has 0 saturated heterocycles. The topological polar surface area (TPSA) is 108 Å². The zero-order valence-electron chi connectivity index (χ0n) is 13.6. The van der Waals surface area contributed by atoms with Gasteiger partial charge in [0.2, 0.25) is 0 Å². The number of rotatable bonds is 4. The Kier molecular flexibility index (Phi) is 4.25. The molecule has 1 heterocycles. The molecule has 0 fully saturated rings. The highest BCUT2D eigenvalue weighted by molar-refractivity contribution is 7.92. The van der Waals surface area contributed by atoms with Gasteiger partial charge in [0, 0.05) is 12.1 Å². The molecule has 0 amide bonds. The van der Waals surface area contributed by atoms with Gasteiger partial charge in [-0.15, -0.1) is 0 Å². The highest BCUT2D eigenvalue weighted by Gasteiger charge is 2.24. The Labute approximate surface area is 144 Å². The minimum Gasteiger partial charge on any atom is -0.486 e. The quantitative estimate of drug-likeness (QED) is 0.660. The molecule has 8 nitrogen and oxygen atoms in total. The van der Waals surface area contributed by atoms with E-state index >= 15 is 0 Å². The molecule has 3 rings (SSSR count). The van der Waals surface area contributed by atoms with Crippen LogP contribution in [0.4, 0.5) is 11.4 Å². The summed E-state index contributed by atoms with van der Waals surface area (Å²) in [5, 5.41) is 11.2. The minimum atomic E-state index is -4.02. The van der Waals surface area contributed by atoms with Gasteiger partial charge < -0.3 is 9.47 Å². The fourth-order valence-corrected chi connectivity index (χ4v) is 3.51. The van der Waals surface area contributed by atoms with E-state index in [1.54, 1.807) is 13.8 Å². The summed E-state index contributed by atoms with van der Waals surface area (Å²) in [4.78, 5) is 10.6. The first kappa shape index (κ1) is 17.0. The second kappa shape index (κ2) is 6.25. The van der Waals surface area contributed by atoms with Gasteiger partial charge in [-0.25, -0.2) is 8.42 Å². The summed E-state index contributed by atoms with van der Waals surface area (Å²) >= 11 is 0. The number of sulfonamides is 1. The van der Waals surface area contributed by atoms with Gasteiger partial charge in [0.15, 0.2) is 11.5 Å². The predicted molar refractivity (Wildman–Crippen MR) is 90.8 cm³/mol. The molecule has 132 valence electrons. The van der Waals surface area contributed by atoms with Crippen molar-refractivity contribution in [3.8, 4) is 11.5 Å². The average molecular weight is 364 g/mol. The molecule has 9 heteroatoms. The third-order valence-corrected chi connectivity index (χ3v) is 5.24. The molecule has 0 saturated carbocycles. The number of anilines is 1. The number of fused-ring (bicyclic) bond motifs is 1. The first-order valence-corrected chi connectivity index (χ1v) is 8.94. The van der Waals surface area contributed by atoms with E-state index in [0.29, 0.717) is 30.3 Å². The summed E-state index contributed by atoms with van der Waals surface area (Å²) in [7, 11) is -4.02. The Morgan fingerprint density at radius 1 is 1.04 bits per heavy atom. The summed E-state index contributed by atoms with van der Waals surface area (Å²) in [6, 6.07) is 6.99. The van der Waals surface area contributed by atoms with E-state index in [4.69, 9.17) is 9.47 Å². The fourth-order valence-electron chi connectivity index (χ4n) is 2.43. The molecule has 0 unspecified atom stereocenters. The molecule has 1 aliphatic rings. The van der Waals surface area contributed by atoms with Crippen LogP contribution in [-0.4, -0.2) is 26.6 Å². The molecule has 2 aromatic carbocycles. The lowest BCUT2D eigenvalue weighted by Gasteiger charge is -2.19. The maximum absolute atomic E-state index is 12.6. The van der Waals surface area contributed by atoms with E-state index in [9.17, 15) is 18.5 Å². The van der Waals surface area contributed by atoms with E-state index < -0.39 is 14.9 Å². The molecule has 25 heavy (non-hydrogen) atoms. The lowest BCUT2D eigenvalue weighted by molar-refractivity contribution is -0.383. The van der Waals surface area contributed by atoms with Crippen molar-refractivity contribution in [2.75, 3.05) is 17.9 Å². The van der Waals surface area contributed by atoms with Crippen molar-refractivity contribution in [2.45, 2.75) is 18.7 Å². The molecule has 0 aliphatic carbocycles. The number of nitrogens with one attached hydrogen (secondary N) is 1. The molecule has 0 aromatic heterocycles. The van der Waals surface area contributed by atoms with Gasteiger partial charge in [-0.3, -0.25) is 14.8 Å². The van der Waals surface area contributed by atoms with Gasteiger partial charge in [0.1, 0.15) is 18.9 Å². The maximum atomic E-state index is 12.6. The normalized spacial score (nSPS) is 13.4. The second-order valence-corrected chi connectivity index (χ2v) is 7.30. The Morgan fingerprint density at radius 3 is 2.36 bits per heavy atom. The molecule has 0 spiro atoms. The van der Waals surface area contributed by atoms with Crippen LogP contribution in [-0.2, 0) is 10.0 Å². The smallest absolute Gasteiger partial charge is 0.293 e. The highest BCUT2D eigenvalue weighted by atomic mass is 32.2. The Bertz CT molecular complexity index is 955. The molecular weight excluding hydrogens is 348 g/mol. The van der Waals surface area contributed by atoms with E-state index in [0.717, 1.165) is 5.56 Å². The van der Waals surface area contributed by atoms with Crippen LogP contribution in [0.5, 0.6) is 11.5 Å². The lowest BCUT2D eigenvalue weighted by atomic mass is 10.1. The zero-order chi connectivity index (χ0) is 18.2. The van der Waals surface area contributed by atoms with Crippen molar-refractivity contribution >= 4 is 21.4 Å². The molecular formula is C16H16N2O6S. The van der Waals surface area contributed by atoms with Crippen molar-refractivity contribution in [1.29, 1.82) is 0 Å². The fraction of sp³-hybridized carbons (Fsp3) is 0.250. The van der Waals surface area contributed by atoms with Crippen LogP contribution in [0.1, 0.15) is 11.1 Å². The SMILES string of the molecule is Cc1cc(NS(=O)(=O)c2ccc3c(c2)OCCO3)c([N+](=O)[O-])cc1C. The molecule has 0 bridgehead atoms. The highest BCUT2D eigenvalue weighted by Crippen LogP contribution is 2.34. The van der Waals surface area contributed by atoms with Gasteiger partial charge in [0.25, 0.3) is 15.7 Å². The van der Waals surface area contributed by atoms with Crippen molar-refractivity contribution in [1.82, 2.24) is 0 Å². The predicted octanol–water partition coefficient (Wildman–Crippen LogP) is 2.78. The summed E-state index contributed by atoms with van der Waals surface area (Å²) < 4.78 is 38.3. The number of ether oxygens (including phenoxy) is 2. The number of hydrogen-bond acceptors (Lipinski definition) is 6. The summed E-state index contributed by atoms with van der Waals surface area (Å²) in [5.41, 5.74) is 1.06. The van der Waals surface area contributed by atoms with E-state index in [1.165, 1.54) is 30.3 Å². The largest absolute Gasteiger partial charge is 0.486 e. The van der Waals surface area contributed by atoms with Crippen LogP contribution >= 0.6 is 0 Å². The number of benzene rings is 2. The number of nitro benzene ring substituents is 1. The van der Waals surface area contributed by atoms with Crippen molar-refractivity contribution < 1.29 is 22.8 Å². The Hall–Kier alpha value is -2.81. The maximum Gasteiger partial charge on any atom is 0.293 e. The number of nitrogens with zero attached hydrogens (tertiary/aromatic N) is 1. The van der Waals surface area contributed by atoms with Crippen LogP contribution in [0.2, 0.25) is 0 Å². The molecule has 1 aliphatic heterocycles. The third-order valence-electron chi connectivity index (χ3n) is 3.88. The molecule has 0 atom stereocenters. The van der Waals surface area contributed by atoms with Crippen LogP contribution in [0.25, 0.3) is 0 Å². The first-order chi connectivity index (χ1) is 11.8. The average Bonchev–Trinajstić information content (AvgIpc) is 2.57. The zero-order valence-corrected chi connectivity index (χ0v) is 14.4. The Balaban J connectivity index is 2.00. The molecule has 2 aromatic rings. The van der Waals surface area contributed by atoms with Crippen molar-refractivity contribution in [2.24, 2.45) is 0 Å². The summed E-state index contributed by atoms with van der Waals surface area (Å²) in [6.07, 6.45) is 0. The number of aryl methyl sites for hydroxylation is 2. The van der Waals surface area contributed by atoms with Crippen molar-refractivity contribution in [3.05, 3.63) is 51.6 Å². The molecule has 0 radical (unpaired) electrons. The van der Waals surface area contributed by atoms with E-state index in [1.807, 2.05) is 0 Å². The van der Waals surface area contributed by atoms with Crippen LogP contribution < -0.4 is 14.2 Å². The van der Waals surface area contributed by atoms with Gasteiger partial charge in [-0.2, -0.15) is 0 Å². The minimum absolute atomic E-state index is 0.0655. The second-order valence-electron chi connectivity index (χ2n) is 5.62.